The third kappa shape index (κ3) is 3.93. The molecule has 0 bridgehead atoms. The molecule has 0 saturated heterocycles. The number of hydrogen-bond acceptors (Lipinski definition) is 3. The fourth-order valence-corrected chi connectivity index (χ4v) is 3.25. The lowest BCUT2D eigenvalue weighted by Crippen LogP contribution is -2.44. The fraction of sp³-hybridized carbons (Fsp3) is 0.857. The van der Waals surface area contributed by atoms with Crippen molar-refractivity contribution in [1.82, 2.24) is 5.32 Å². The van der Waals surface area contributed by atoms with Crippen molar-refractivity contribution in [3.8, 4) is 0 Å². The number of carbonyl (C=O) groups excluding carboxylic acids is 1. The number of amides is 1. The molecule has 5 nitrogen and oxygen atoms in total. The maximum Gasteiger partial charge on any atom is 0.306 e. The molecule has 19 heavy (non-hydrogen) atoms. The lowest BCUT2D eigenvalue weighted by atomic mass is 9.83. The van der Waals surface area contributed by atoms with Crippen molar-refractivity contribution in [2.24, 2.45) is 17.6 Å². The van der Waals surface area contributed by atoms with Gasteiger partial charge in [-0.3, -0.25) is 9.59 Å². The van der Waals surface area contributed by atoms with Crippen LogP contribution in [0.25, 0.3) is 0 Å². The molecule has 2 fully saturated rings. The van der Waals surface area contributed by atoms with Gasteiger partial charge in [-0.1, -0.05) is 6.42 Å². The summed E-state index contributed by atoms with van der Waals surface area (Å²) in [4.78, 5) is 23.1. The third-order valence-electron chi connectivity index (χ3n) is 4.51. The van der Waals surface area contributed by atoms with Gasteiger partial charge in [0.2, 0.25) is 5.91 Å². The molecule has 2 aliphatic carbocycles. The summed E-state index contributed by atoms with van der Waals surface area (Å²) in [5, 5.41) is 12.1. The van der Waals surface area contributed by atoms with E-state index in [-0.39, 0.29) is 29.8 Å². The first-order valence-electron chi connectivity index (χ1n) is 7.35. The van der Waals surface area contributed by atoms with Gasteiger partial charge in [0.1, 0.15) is 0 Å². The molecule has 0 radical (unpaired) electrons. The van der Waals surface area contributed by atoms with Gasteiger partial charge in [-0.05, 0) is 44.9 Å². The maximum absolute atomic E-state index is 12.2. The molecule has 0 heterocycles. The monoisotopic (exact) mass is 268 g/mol. The summed E-state index contributed by atoms with van der Waals surface area (Å²) in [5.41, 5.74) is 5.84. The van der Waals surface area contributed by atoms with Crippen LogP contribution >= 0.6 is 0 Å². The summed E-state index contributed by atoms with van der Waals surface area (Å²) in [6.45, 7) is 0. The van der Waals surface area contributed by atoms with Crippen LogP contribution < -0.4 is 11.1 Å². The molecule has 2 atom stereocenters. The molecule has 2 aliphatic rings. The molecule has 1 amide bonds. The van der Waals surface area contributed by atoms with E-state index in [4.69, 9.17) is 10.8 Å². The summed E-state index contributed by atoms with van der Waals surface area (Å²) in [6.07, 6.45) is 6.66. The summed E-state index contributed by atoms with van der Waals surface area (Å²) in [6, 6.07) is 0.285. The molecule has 2 rings (SSSR count). The van der Waals surface area contributed by atoms with E-state index in [1.807, 2.05) is 0 Å². The molecule has 0 aliphatic heterocycles. The van der Waals surface area contributed by atoms with Crippen molar-refractivity contribution < 1.29 is 14.7 Å². The number of nitrogens with one attached hydrogen (secondary N) is 1. The maximum atomic E-state index is 12.2. The minimum Gasteiger partial charge on any atom is -0.481 e. The average Bonchev–Trinajstić information content (AvgIpc) is 2.39. The van der Waals surface area contributed by atoms with Crippen molar-refractivity contribution in [3.05, 3.63) is 0 Å². The first-order valence-corrected chi connectivity index (χ1v) is 7.35. The standard InChI is InChI=1S/C14H24N2O3/c15-11-6-4-9(5-7-11)13(17)16-12-3-1-2-10(8-12)14(18)19/h9-12H,1-8,15H2,(H,16,17)(H,18,19). The predicted molar refractivity (Wildman–Crippen MR) is 71.5 cm³/mol. The smallest absolute Gasteiger partial charge is 0.306 e. The average molecular weight is 268 g/mol. The minimum atomic E-state index is -0.734. The molecule has 0 spiro atoms. The Morgan fingerprint density at radius 1 is 1.00 bits per heavy atom. The molecule has 108 valence electrons. The van der Waals surface area contributed by atoms with E-state index in [9.17, 15) is 9.59 Å². The van der Waals surface area contributed by atoms with Crippen LogP contribution in [0.1, 0.15) is 51.4 Å². The van der Waals surface area contributed by atoms with Crippen LogP contribution in [-0.4, -0.2) is 29.1 Å². The Morgan fingerprint density at radius 2 is 1.68 bits per heavy atom. The number of nitrogens with two attached hydrogens (primary N) is 1. The summed E-state index contributed by atoms with van der Waals surface area (Å²) < 4.78 is 0. The van der Waals surface area contributed by atoms with Crippen LogP contribution in [0.15, 0.2) is 0 Å². The number of carbonyl (C=O) groups is 2. The van der Waals surface area contributed by atoms with Crippen molar-refractivity contribution in [2.45, 2.75) is 63.5 Å². The van der Waals surface area contributed by atoms with E-state index < -0.39 is 5.97 Å². The Hall–Kier alpha value is -1.10. The Morgan fingerprint density at radius 3 is 2.32 bits per heavy atom. The Bertz CT molecular complexity index is 338. The van der Waals surface area contributed by atoms with Gasteiger partial charge in [-0.2, -0.15) is 0 Å². The molecule has 5 heteroatoms. The lowest BCUT2D eigenvalue weighted by molar-refractivity contribution is -0.143. The first kappa shape index (κ1) is 14.3. The van der Waals surface area contributed by atoms with E-state index in [0.29, 0.717) is 6.42 Å². The minimum absolute atomic E-state index is 0.0398. The van der Waals surface area contributed by atoms with E-state index in [2.05, 4.69) is 5.32 Å². The van der Waals surface area contributed by atoms with Gasteiger partial charge in [0.15, 0.2) is 0 Å². The first-order chi connectivity index (χ1) is 9.06. The molecule has 0 aromatic heterocycles. The number of rotatable bonds is 3. The zero-order valence-corrected chi connectivity index (χ0v) is 11.3. The zero-order valence-electron chi connectivity index (χ0n) is 11.3. The van der Waals surface area contributed by atoms with E-state index in [1.54, 1.807) is 0 Å². The van der Waals surface area contributed by atoms with Gasteiger partial charge < -0.3 is 16.2 Å². The van der Waals surface area contributed by atoms with Crippen molar-refractivity contribution in [2.75, 3.05) is 0 Å². The van der Waals surface area contributed by atoms with E-state index in [0.717, 1.165) is 44.9 Å². The van der Waals surface area contributed by atoms with Crippen LogP contribution in [0.2, 0.25) is 0 Å². The van der Waals surface area contributed by atoms with E-state index in [1.165, 1.54) is 0 Å². The Balaban J connectivity index is 1.80. The highest BCUT2D eigenvalue weighted by Crippen LogP contribution is 2.27. The molecule has 2 unspecified atom stereocenters. The number of carboxylic acids is 1. The number of hydrogen-bond donors (Lipinski definition) is 3. The highest BCUT2D eigenvalue weighted by atomic mass is 16.4. The lowest BCUT2D eigenvalue weighted by Gasteiger charge is -2.30. The van der Waals surface area contributed by atoms with Gasteiger partial charge in [-0.25, -0.2) is 0 Å². The summed E-state index contributed by atoms with van der Waals surface area (Å²) >= 11 is 0. The van der Waals surface area contributed by atoms with Gasteiger partial charge in [0.05, 0.1) is 5.92 Å². The zero-order chi connectivity index (χ0) is 13.8. The molecule has 2 saturated carbocycles. The van der Waals surface area contributed by atoms with Gasteiger partial charge >= 0.3 is 5.97 Å². The Labute approximate surface area is 113 Å². The third-order valence-corrected chi connectivity index (χ3v) is 4.51. The van der Waals surface area contributed by atoms with Crippen LogP contribution in [0.5, 0.6) is 0 Å². The predicted octanol–water partition coefficient (Wildman–Crippen LogP) is 1.26. The summed E-state index contributed by atoms with van der Waals surface area (Å²) in [7, 11) is 0. The van der Waals surface area contributed by atoms with E-state index >= 15 is 0 Å². The SMILES string of the molecule is NC1CCC(C(=O)NC2CCCC(C(=O)O)C2)CC1. The molecule has 0 aromatic rings. The van der Waals surface area contributed by atoms with Crippen molar-refractivity contribution in [3.63, 3.8) is 0 Å². The Kier molecular flexibility index (Phi) is 4.80. The van der Waals surface area contributed by atoms with Crippen LogP contribution in [-0.2, 0) is 9.59 Å². The van der Waals surface area contributed by atoms with Crippen molar-refractivity contribution in [1.29, 1.82) is 0 Å². The van der Waals surface area contributed by atoms with Gasteiger partial charge in [0.25, 0.3) is 0 Å². The highest BCUT2D eigenvalue weighted by molar-refractivity contribution is 5.79. The normalized spacial score (nSPS) is 35.6. The van der Waals surface area contributed by atoms with Gasteiger partial charge in [-0.15, -0.1) is 0 Å². The quantitative estimate of drug-likeness (QED) is 0.718. The molecular weight excluding hydrogens is 244 g/mol. The van der Waals surface area contributed by atoms with Crippen LogP contribution in [0.3, 0.4) is 0 Å². The van der Waals surface area contributed by atoms with Gasteiger partial charge in [0, 0.05) is 18.0 Å². The number of aliphatic carboxylic acids is 1. The van der Waals surface area contributed by atoms with Crippen LogP contribution in [0.4, 0.5) is 0 Å². The second kappa shape index (κ2) is 6.37. The molecular formula is C14H24N2O3. The fourth-order valence-electron chi connectivity index (χ4n) is 3.25. The van der Waals surface area contributed by atoms with Crippen LogP contribution in [0, 0.1) is 11.8 Å². The number of carboxylic acid groups (broad SMARTS) is 1. The van der Waals surface area contributed by atoms with Crippen molar-refractivity contribution >= 4 is 11.9 Å². The largest absolute Gasteiger partial charge is 0.481 e. The highest BCUT2D eigenvalue weighted by Gasteiger charge is 2.30. The summed E-state index contributed by atoms with van der Waals surface area (Å²) in [5.74, 6) is -0.852. The molecule has 0 aromatic carbocycles. The molecule has 4 N–H and O–H groups in total. The topological polar surface area (TPSA) is 92.4 Å². The second-order valence-electron chi connectivity index (χ2n) is 6.02. The second-order valence-corrected chi connectivity index (χ2v) is 6.02.